The second kappa shape index (κ2) is 10.2. The van der Waals surface area contributed by atoms with E-state index in [0.717, 1.165) is 52.1 Å². The molecule has 0 fully saturated rings. The molecule has 1 aliphatic rings. The van der Waals surface area contributed by atoms with Crippen LogP contribution in [0.3, 0.4) is 0 Å². The quantitative estimate of drug-likeness (QED) is 0.323. The minimum atomic E-state index is -0.839. The molecule has 0 aliphatic carbocycles. The van der Waals surface area contributed by atoms with Crippen LogP contribution in [0, 0.1) is 5.82 Å². The van der Waals surface area contributed by atoms with Crippen molar-refractivity contribution in [2.45, 2.75) is 38.5 Å². The van der Waals surface area contributed by atoms with Crippen LogP contribution in [-0.2, 0) is 12.1 Å². The van der Waals surface area contributed by atoms with Gasteiger partial charge in [0.2, 0.25) is 0 Å². The van der Waals surface area contributed by atoms with E-state index in [4.69, 9.17) is 5.73 Å². The van der Waals surface area contributed by atoms with Crippen molar-refractivity contribution in [2.75, 3.05) is 18.0 Å². The maximum atomic E-state index is 13.4. The molecule has 3 N–H and O–H groups in total. The Hall–Kier alpha value is -4.48. The number of rotatable bonds is 7. The van der Waals surface area contributed by atoms with Gasteiger partial charge in [0.25, 0.3) is 0 Å². The number of nitrogens with two attached hydrogens (primary N) is 1. The predicted octanol–water partition coefficient (Wildman–Crippen LogP) is 3.42. The highest BCUT2D eigenvalue weighted by molar-refractivity contribution is 5.78. The summed E-state index contributed by atoms with van der Waals surface area (Å²) in [6, 6.07) is 8.24. The van der Waals surface area contributed by atoms with Gasteiger partial charge < -0.3 is 15.7 Å². The lowest BCUT2D eigenvalue weighted by atomic mass is 9.87. The molecular weight excluding hydrogens is 509 g/mol. The van der Waals surface area contributed by atoms with Crippen molar-refractivity contribution in [2.24, 2.45) is 5.73 Å². The van der Waals surface area contributed by atoms with E-state index in [1.165, 1.54) is 12.1 Å². The van der Waals surface area contributed by atoms with E-state index in [1.54, 1.807) is 48.7 Å². The van der Waals surface area contributed by atoms with E-state index in [1.807, 2.05) is 23.8 Å². The van der Waals surface area contributed by atoms with Crippen molar-refractivity contribution in [3.63, 3.8) is 0 Å². The molecule has 0 amide bonds. The van der Waals surface area contributed by atoms with Crippen molar-refractivity contribution >= 4 is 16.9 Å². The number of fused-ring (bicyclic) bond motifs is 1. The molecule has 0 saturated heterocycles. The van der Waals surface area contributed by atoms with Gasteiger partial charge in [0.1, 0.15) is 17.7 Å². The molecule has 11 heteroatoms. The van der Waals surface area contributed by atoms with Gasteiger partial charge in [-0.2, -0.15) is 10.2 Å². The van der Waals surface area contributed by atoms with Crippen LogP contribution in [0.2, 0.25) is 0 Å². The van der Waals surface area contributed by atoms with Gasteiger partial charge in [-0.25, -0.2) is 23.9 Å². The Bertz CT molecular complexity index is 1670. The molecule has 1 aromatic carbocycles. The first kappa shape index (κ1) is 25.8. The van der Waals surface area contributed by atoms with Gasteiger partial charge in [-0.1, -0.05) is 18.2 Å². The zero-order valence-electron chi connectivity index (χ0n) is 22.3. The molecule has 0 bridgehead atoms. The van der Waals surface area contributed by atoms with Crippen LogP contribution >= 0.6 is 0 Å². The van der Waals surface area contributed by atoms with Crippen LogP contribution in [0.25, 0.3) is 22.2 Å². The number of halogens is 1. The number of anilines is 1. The molecule has 5 heterocycles. The van der Waals surface area contributed by atoms with Gasteiger partial charge in [-0.15, -0.1) is 0 Å². The second-order valence-corrected chi connectivity index (χ2v) is 10.4. The number of hydrogen-bond acceptors (Lipinski definition) is 8. The van der Waals surface area contributed by atoms with Crippen LogP contribution < -0.4 is 10.6 Å². The van der Waals surface area contributed by atoms with Gasteiger partial charge in [-0.05, 0) is 49.6 Å². The fourth-order valence-electron chi connectivity index (χ4n) is 4.99. The fraction of sp³-hybridized carbons (Fsp3) is 0.276. The lowest BCUT2D eigenvalue weighted by Gasteiger charge is -2.28. The standard InChI is InChI=1S/C29H30FN9O/c1-19(40)15-38-16-22(12-35-38)21-11-26-28(34-18-36-39(26)17-21)37-9-7-20(8-10-37)27-32-13-24(14-33-27)29(2,31)23-3-5-25(30)6-4-23/h3-7,11-14,16-19,40H,8-10,15,31H2,1-2H3/t19-,29-/m0/s1. The van der Waals surface area contributed by atoms with Crippen LogP contribution in [0.5, 0.6) is 0 Å². The summed E-state index contributed by atoms with van der Waals surface area (Å²) in [6.45, 7) is 5.45. The average molecular weight is 540 g/mol. The number of hydrogen-bond donors (Lipinski definition) is 2. The normalized spacial score (nSPS) is 16.1. The molecular formula is C29H30FN9O. The van der Waals surface area contributed by atoms with Gasteiger partial charge >= 0.3 is 0 Å². The number of benzene rings is 1. The summed E-state index contributed by atoms with van der Waals surface area (Å²) in [4.78, 5) is 16.0. The highest BCUT2D eigenvalue weighted by Gasteiger charge is 2.26. The maximum absolute atomic E-state index is 13.4. The van der Waals surface area contributed by atoms with Crippen LogP contribution in [0.4, 0.5) is 10.2 Å². The van der Waals surface area contributed by atoms with E-state index in [2.05, 4.69) is 42.2 Å². The van der Waals surface area contributed by atoms with E-state index in [9.17, 15) is 9.50 Å². The summed E-state index contributed by atoms with van der Waals surface area (Å²) in [5.74, 6) is 1.22. The van der Waals surface area contributed by atoms with Crippen LogP contribution in [0.15, 0.2) is 73.7 Å². The lowest BCUT2D eigenvalue weighted by molar-refractivity contribution is 0.168. The van der Waals surface area contributed by atoms with Gasteiger partial charge in [0.05, 0.1) is 24.4 Å². The molecule has 0 radical (unpaired) electrons. The molecule has 40 heavy (non-hydrogen) atoms. The van der Waals surface area contributed by atoms with Crippen molar-refractivity contribution in [3.8, 4) is 11.1 Å². The molecule has 5 aromatic rings. The Labute approximate surface area is 230 Å². The monoisotopic (exact) mass is 539 g/mol. The zero-order chi connectivity index (χ0) is 27.9. The number of aliphatic hydroxyl groups is 1. The summed E-state index contributed by atoms with van der Waals surface area (Å²) < 4.78 is 16.9. The maximum Gasteiger partial charge on any atom is 0.156 e. The first-order valence-electron chi connectivity index (χ1n) is 13.1. The molecule has 204 valence electrons. The molecule has 0 spiro atoms. The third-order valence-corrected chi connectivity index (χ3v) is 7.29. The summed E-state index contributed by atoms with van der Waals surface area (Å²) >= 11 is 0. The molecule has 0 saturated carbocycles. The highest BCUT2D eigenvalue weighted by Crippen LogP contribution is 2.30. The Morgan fingerprint density at radius 3 is 2.50 bits per heavy atom. The second-order valence-electron chi connectivity index (χ2n) is 10.4. The molecule has 1 aliphatic heterocycles. The smallest absolute Gasteiger partial charge is 0.156 e. The van der Waals surface area contributed by atoms with Crippen LogP contribution in [0.1, 0.15) is 37.2 Å². The van der Waals surface area contributed by atoms with E-state index < -0.39 is 11.6 Å². The minimum Gasteiger partial charge on any atom is -0.391 e. The number of aromatic nitrogens is 7. The summed E-state index contributed by atoms with van der Waals surface area (Å²) in [6.07, 6.45) is 13.1. The van der Waals surface area contributed by atoms with Gasteiger partial charge in [0, 0.05) is 54.6 Å². The summed E-state index contributed by atoms with van der Waals surface area (Å²) in [5, 5.41) is 18.4. The van der Waals surface area contributed by atoms with Crippen LogP contribution in [-0.4, -0.2) is 58.6 Å². The predicted molar refractivity (Wildman–Crippen MR) is 150 cm³/mol. The van der Waals surface area contributed by atoms with E-state index in [-0.39, 0.29) is 5.82 Å². The van der Waals surface area contributed by atoms with E-state index in [0.29, 0.717) is 18.9 Å². The van der Waals surface area contributed by atoms with Gasteiger partial charge in [0.15, 0.2) is 11.6 Å². The van der Waals surface area contributed by atoms with Crippen molar-refractivity contribution < 1.29 is 9.50 Å². The highest BCUT2D eigenvalue weighted by atomic mass is 19.1. The fourth-order valence-corrected chi connectivity index (χ4v) is 4.99. The molecule has 4 aromatic heterocycles. The van der Waals surface area contributed by atoms with Crippen molar-refractivity contribution in [3.05, 3.63) is 96.5 Å². The van der Waals surface area contributed by atoms with E-state index >= 15 is 0 Å². The van der Waals surface area contributed by atoms with Crippen molar-refractivity contribution in [1.82, 2.24) is 34.3 Å². The summed E-state index contributed by atoms with van der Waals surface area (Å²) in [5.41, 5.74) is 11.2. The molecule has 2 atom stereocenters. The van der Waals surface area contributed by atoms with Crippen molar-refractivity contribution in [1.29, 1.82) is 0 Å². The molecule has 0 unspecified atom stereocenters. The lowest BCUT2D eigenvalue weighted by Crippen LogP contribution is -2.34. The average Bonchev–Trinajstić information content (AvgIpc) is 3.60. The Balaban J connectivity index is 1.19. The van der Waals surface area contributed by atoms with Gasteiger partial charge in [-0.3, -0.25) is 4.68 Å². The molecule has 6 rings (SSSR count). The molecule has 10 nitrogen and oxygen atoms in total. The first-order chi connectivity index (χ1) is 19.3. The zero-order valence-corrected chi connectivity index (χ0v) is 22.3. The first-order valence-corrected chi connectivity index (χ1v) is 13.1. The number of nitrogens with zero attached hydrogens (tertiary/aromatic N) is 8. The SMILES string of the molecule is C[C@H](O)Cn1cc(-c2cc3c(N4CC=C(c5ncc([C@@](C)(N)c6ccc(F)cc6)cn5)CC4)ncnn3c2)cn1. The third-order valence-electron chi connectivity index (χ3n) is 7.29. The topological polar surface area (TPSA) is 123 Å². The Kier molecular flexibility index (Phi) is 6.60. The minimum absolute atomic E-state index is 0.300. The summed E-state index contributed by atoms with van der Waals surface area (Å²) in [7, 11) is 0. The number of aliphatic hydroxyl groups excluding tert-OH is 1. The Morgan fingerprint density at radius 1 is 1.02 bits per heavy atom. The largest absolute Gasteiger partial charge is 0.391 e. The Morgan fingerprint density at radius 2 is 1.80 bits per heavy atom. The third kappa shape index (κ3) is 4.96.